The fourth-order valence-electron chi connectivity index (χ4n) is 1.93. The van der Waals surface area contributed by atoms with Crippen molar-refractivity contribution >= 4 is 17.7 Å². The van der Waals surface area contributed by atoms with Gasteiger partial charge in [-0.1, -0.05) is 12.1 Å². The highest BCUT2D eigenvalue weighted by molar-refractivity contribution is 8.01. The third-order valence-corrected chi connectivity index (χ3v) is 4.12. The molecule has 1 heterocycles. The molecule has 0 saturated carbocycles. The molecule has 1 amide bonds. The maximum Gasteiger partial charge on any atom is 0.236 e. The van der Waals surface area contributed by atoms with Crippen LogP contribution in [0.15, 0.2) is 24.3 Å². The van der Waals surface area contributed by atoms with Crippen molar-refractivity contribution in [1.82, 2.24) is 4.90 Å². The normalized spacial score (nSPS) is 24.4. The van der Waals surface area contributed by atoms with Gasteiger partial charge in [0, 0.05) is 6.54 Å². The number of benzene rings is 1. The summed E-state index contributed by atoms with van der Waals surface area (Å²) in [6.07, 6.45) is 0. The third kappa shape index (κ3) is 2.45. The number of β-amino-alcohol motifs (C(OH)–C–C–N with tert-alkyl or cyclic N) is 1. The van der Waals surface area contributed by atoms with Gasteiger partial charge >= 0.3 is 0 Å². The minimum absolute atomic E-state index is 0.00156. The number of halogens is 1. The average Bonchev–Trinajstić information content (AvgIpc) is 2.58. The highest BCUT2D eigenvalue weighted by Crippen LogP contribution is 2.42. The van der Waals surface area contributed by atoms with Crippen LogP contribution >= 0.6 is 11.8 Å². The van der Waals surface area contributed by atoms with Crippen molar-refractivity contribution in [2.45, 2.75) is 17.5 Å². The van der Waals surface area contributed by atoms with Crippen LogP contribution in [0, 0.1) is 5.82 Å². The van der Waals surface area contributed by atoms with Gasteiger partial charge in [-0.25, -0.2) is 4.39 Å². The molecule has 0 spiro atoms. The quantitative estimate of drug-likeness (QED) is 0.895. The zero-order chi connectivity index (χ0) is 12.4. The number of aliphatic hydroxyl groups excluding tert-OH is 1. The lowest BCUT2D eigenvalue weighted by Gasteiger charge is -2.23. The number of carbonyl (C=O) groups excluding carboxylic acids is 1. The molecule has 1 fully saturated rings. The van der Waals surface area contributed by atoms with Gasteiger partial charge in [0.25, 0.3) is 0 Å². The Kier molecular flexibility index (Phi) is 3.69. The molecule has 1 N–H and O–H groups in total. The van der Waals surface area contributed by atoms with Crippen molar-refractivity contribution in [2.75, 3.05) is 13.2 Å². The number of carbonyl (C=O) groups is 1. The van der Waals surface area contributed by atoms with E-state index in [0.29, 0.717) is 0 Å². The second kappa shape index (κ2) is 5.06. The molecule has 17 heavy (non-hydrogen) atoms. The Morgan fingerprint density at radius 3 is 2.94 bits per heavy atom. The standard InChI is InChI=1S/C12H14FNO2S/c1-8-11(16)14(5-6-15)12(17-8)9-3-2-4-10(13)7-9/h2-4,7-8,12,15H,5-6H2,1H3/t8-,12-/m0/s1. The molecule has 0 unspecified atom stereocenters. The van der Waals surface area contributed by atoms with Gasteiger partial charge in [-0.3, -0.25) is 4.79 Å². The number of nitrogens with zero attached hydrogens (tertiary/aromatic N) is 1. The van der Waals surface area contributed by atoms with Gasteiger partial charge in [-0.15, -0.1) is 11.8 Å². The number of thioether (sulfide) groups is 1. The lowest BCUT2D eigenvalue weighted by Crippen LogP contribution is -2.32. The maximum atomic E-state index is 13.2. The number of hydrogen-bond acceptors (Lipinski definition) is 3. The van der Waals surface area contributed by atoms with Crippen LogP contribution in [0.25, 0.3) is 0 Å². The van der Waals surface area contributed by atoms with Crippen molar-refractivity contribution in [3.8, 4) is 0 Å². The van der Waals surface area contributed by atoms with Gasteiger partial charge in [0.15, 0.2) is 0 Å². The largest absolute Gasteiger partial charge is 0.395 e. The fourth-order valence-corrected chi connectivity index (χ4v) is 3.23. The Balaban J connectivity index is 2.27. The minimum atomic E-state index is -0.306. The van der Waals surface area contributed by atoms with E-state index in [1.807, 2.05) is 6.92 Å². The number of rotatable bonds is 3. The van der Waals surface area contributed by atoms with Crippen molar-refractivity contribution in [3.63, 3.8) is 0 Å². The average molecular weight is 255 g/mol. The Morgan fingerprint density at radius 2 is 2.29 bits per heavy atom. The smallest absolute Gasteiger partial charge is 0.236 e. The molecular formula is C12H14FNO2S. The van der Waals surface area contributed by atoms with Crippen LogP contribution in [0.1, 0.15) is 17.9 Å². The zero-order valence-electron chi connectivity index (χ0n) is 9.47. The van der Waals surface area contributed by atoms with E-state index in [9.17, 15) is 9.18 Å². The summed E-state index contributed by atoms with van der Waals surface area (Å²) in [5, 5.41) is 8.63. The van der Waals surface area contributed by atoms with Gasteiger partial charge in [-0.05, 0) is 24.6 Å². The van der Waals surface area contributed by atoms with Crippen molar-refractivity contribution in [3.05, 3.63) is 35.6 Å². The summed E-state index contributed by atoms with van der Waals surface area (Å²) in [7, 11) is 0. The third-order valence-electron chi connectivity index (χ3n) is 2.72. The van der Waals surface area contributed by atoms with Crippen LogP contribution in [0.3, 0.4) is 0 Å². The number of aliphatic hydroxyl groups is 1. The SMILES string of the molecule is C[C@@H]1S[C@@H](c2cccc(F)c2)N(CCO)C1=O. The first-order valence-electron chi connectivity index (χ1n) is 5.45. The molecule has 2 atom stereocenters. The van der Waals surface area contributed by atoms with E-state index in [1.54, 1.807) is 17.0 Å². The van der Waals surface area contributed by atoms with Gasteiger partial charge in [-0.2, -0.15) is 0 Å². The highest BCUT2D eigenvalue weighted by Gasteiger charge is 2.37. The fraction of sp³-hybridized carbons (Fsp3) is 0.417. The summed E-state index contributed by atoms with van der Waals surface area (Å²) in [6, 6.07) is 6.25. The molecule has 92 valence electrons. The Labute approximate surface area is 104 Å². The Morgan fingerprint density at radius 1 is 1.53 bits per heavy atom. The Hall–Kier alpha value is -1.07. The second-order valence-electron chi connectivity index (χ2n) is 3.94. The predicted molar refractivity (Wildman–Crippen MR) is 65.0 cm³/mol. The van der Waals surface area contributed by atoms with E-state index >= 15 is 0 Å². The molecule has 1 aromatic rings. The van der Waals surface area contributed by atoms with Crippen LogP contribution in [-0.2, 0) is 4.79 Å². The van der Waals surface area contributed by atoms with Gasteiger partial charge in [0.05, 0.1) is 11.9 Å². The predicted octanol–water partition coefficient (Wildman–Crippen LogP) is 1.78. The van der Waals surface area contributed by atoms with E-state index in [0.717, 1.165) is 5.56 Å². The van der Waals surface area contributed by atoms with Crippen LogP contribution in [0.4, 0.5) is 4.39 Å². The summed E-state index contributed by atoms with van der Waals surface area (Å²) >= 11 is 1.48. The summed E-state index contributed by atoms with van der Waals surface area (Å²) < 4.78 is 13.2. The van der Waals surface area contributed by atoms with E-state index in [4.69, 9.17) is 5.11 Å². The molecule has 1 aliphatic heterocycles. The van der Waals surface area contributed by atoms with Gasteiger partial charge in [0.2, 0.25) is 5.91 Å². The molecular weight excluding hydrogens is 241 g/mol. The first-order valence-corrected chi connectivity index (χ1v) is 6.40. The van der Waals surface area contributed by atoms with E-state index in [1.165, 1.54) is 23.9 Å². The number of hydrogen-bond donors (Lipinski definition) is 1. The van der Waals surface area contributed by atoms with Crippen molar-refractivity contribution in [2.24, 2.45) is 0 Å². The lowest BCUT2D eigenvalue weighted by molar-refractivity contribution is -0.130. The molecule has 0 aromatic heterocycles. The molecule has 2 rings (SSSR count). The monoisotopic (exact) mass is 255 g/mol. The van der Waals surface area contributed by atoms with Gasteiger partial charge < -0.3 is 10.0 Å². The summed E-state index contributed by atoms with van der Waals surface area (Å²) in [6.45, 7) is 2.04. The first kappa shape index (κ1) is 12.4. The molecule has 5 heteroatoms. The molecule has 0 bridgehead atoms. The summed E-state index contributed by atoms with van der Waals surface area (Å²) in [5.74, 6) is -0.308. The first-order chi connectivity index (χ1) is 8.13. The van der Waals surface area contributed by atoms with E-state index in [2.05, 4.69) is 0 Å². The molecule has 0 aliphatic carbocycles. The topological polar surface area (TPSA) is 40.5 Å². The Bertz CT molecular complexity index is 427. The van der Waals surface area contributed by atoms with Crippen LogP contribution in [0.5, 0.6) is 0 Å². The van der Waals surface area contributed by atoms with Crippen LogP contribution in [-0.4, -0.2) is 34.3 Å². The zero-order valence-corrected chi connectivity index (χ0v) is 10.3. The summed E-state index contributed by atoms with van der Waals surface area (Å²) in [5.41, 5.74) is 0.765. The molecule has 3 nitrogen and oxygen atoms in total. The van der Waals surface area contributed by atoms with E-state index < -0.39 is 0 Å². The molecule has 1 aliphatic rings. The minimum Gasteiger partial charge on any atom is -0.395 e. The van der Waals surface area contributed by atoms with Crippen LogP contribution in [0.2, 0.25) is 0 Å². The summed E-state index contributed by atoms with van der Waals surface area (Å²) in [4.78, 5) is 13.5. The molecule has 1 aromatic carbocycles. The van der Waals surface area contributed by atoms with Gasteiger partial charge in [0.1, 0.15) is 11.2 Å². The van der Waals surface area contributed by atoms with E-state index in [-0.39, 0.29) is 35.5 Å². The number of amides is 1. The second-order valence-corrected chi connectivity index (χ2v) is 5.37. The maximum absolute atomic E-state index is 13.2. The molecule has 1 saturated heterocycles. The van der Waals surface area contributed by atoms with Crippen molar-refractivity contribution < 1.29 is 14.3 Å². The molecule has 0 radical (unpaired) electrons. The lowest BCUT2D eigenvalue weighted by atomic mass is 10.2. The van der Waals surface area contributed by atoms with Crippen LogP contribution < -0.4 is 0 Å². The van der Waals surface area contributed by atoms with Crippen molar-refractivity contribution in [1.29, 1.82) is 0 Å². The highest BCUT2D eigenvalue weighted by atomic mass is 32.2.